The van der Waals surface area contributed by atoms with Gasteiger partial charge in [-0.15, -0.1) is 0 Å². The van der Waals surface area contributed by atoms with Gasteiger partial charge in [0, 0.05) is 0 Å². The van der Waals surface area contributed by atoms with Crippen LogP contribution < -0.4 is 0 Å². The van der Waals surface area contributed by atoms with Gasteiger partial charge < -0.3 is 0 Å². The van der Waals surface area contributed by atoms with Crippen LogP contribution in [0.4, 0.5) is 0 Å². The molecule has 1 atom stereocenters. The van der Waals surface area contributed by atoms with Gasteiger partial charge in [-0.1, -0.05) is 58.2 Å². The van der Waals surface area contributed by atoms with E-state index in [1.54, 1.807) is 31.0 Å². The Morgan fingerprint density at radius 2 is 1.82 bits per heavy atom. The van der Waals surface area contributed by atoms with Crippen LogP contribution in [0.5, 0.6) is 0 Å². The topological polar surface area (TPSA) is 0 Å². The molecule has 66 valence electrons. The Bertz CT molecular complexity index is 116. The SMILES string of the molecule is CCC1CCC[Si]1(CC)CC. The number of rotatable bonds is 3. The second-order valence-corrected chi connectivity index (χ2v) is 9.52. The third-order valence-corrected chi connectivity index (χ3v) is 10.6. The van der Waals surface area contributed by atoms with Gasteiger partial charge in [0.2, 0.25) is 0 Å². The average Bonchev–Trinajstić information content (AvgIpc) is 2.47. The summed E-state index contributed by atoms with van der Waals surface area (Å²) < 4.78 is 0. The zero-order chi connectivity index (χ0) is 8.32. The second-order valence-electron chi connectivity index (χ2n) is 4.07. The third kappa shape index (κ3) is 1.53. The van der Waals surface area contributed by atoms with Crippen molar-refractivity contribution in [2.45, 2.75) is 63.7 Å². The Labute approximate surface area is 72.4 Å². The van der Waals surface area contributed by atoms with Crippen LogP contribution >= 0.6 is 0 Å². The fraction of sp³-hybridized carbons (Fsp3) is 1.00. The van der Waals surface area contributed by atoms with E-state index >= 15 is 0 Å². The summed E-state index contributed by atoms with van der Waals surface area (Å²) in [4.78, 5) is 0. The minimum absolute atomic E-state index is 0.710. The van der Waals surface area contributed by atoms with Gasteiger partial charge in [0.25, 0.3) is 0 Å². The molecule has 0 radical (unpaired) electrons. The lowest BCUT2D eigenvalue weighted by atomic mass is 10.2. The molecule has 1 heteroatoms. The first-order chi connectivity index (χ1) is 5.29. The lowest BCUT2D eigenvalue weighted by molar-refractivity contribution is 0.728. The zero-order valence-electron chi connectivity index (χ0n) is 8.32. The Hall–Kier alpha value is 0.217. The van der Waals surface area contributed by atoms with Crippen LogP contribution in [0.1, 0.15) is 40.0 Å². The standard InChI is InChI=1S/C10H22Si/c1-4-10-8-7-9-11(10,5-2)6-3/h10H,4-9H2,1-3H3. The highest BCUT2D eigenvalue weighted by molar-refractivity contribution is 6.81. The Kier molecular flexibility index (Phi) is 3.17. The molecule has 1 fully saturated rings. The van der Waals surface area contributed by atoms with Gasteiger partial charge in [-0.3, -0.25) is 0 Å². The lowest BCUT2D eigenvalue weighted by Crippen LogP contribution is -2.33. The molecule has 1 heterocycles. The van der Waals surface area contributed by atoms with Crippen LogP contribution in [-0.2, 0) is 0 Å². The van der Waals surface area contributed by atoms with Crippen molar-refractivity contribution in [3.63, 3.8) is 0 Å². The zero-order valence-corrected chi connectivity index (χ0v) is 9.32. The molecule has 0 saturated carbocycles. The summed E-state index contributed by atoms with van der Waals surface area (Å²) in [5, 5.41) is 0. The highest BCUT2D eigenvalue weighted by atomic mass is 28.3. The summed E-state index contributed by atoms with van der Waals surface area (Å²) in [5.74, 6) is 0. The molecule has 1 aliphatic heterocycles. The van der Waals surface area contributed by atoms with Gasteiger partial charge >= 0.3 is 0 Å². The minimum atomic E-state index is -0.710. The first-order valence-electron chi connectivity index (χ1n) is 5.29. The van der Waals surface area contributed by atoms with Crippen LogP contribution in [0.3, 0.4) is 0 Å². The first kappa shape index (κ1) is 9.31. The maximum atomic E-state index is 2.43. The van der Waals surface area contributed by atoms with E-state index < -0.39 is 8.07 Å². The lowest BCUT2D eigenvalue weighted by Gasteiger charge is -2.30. The van der Waals surface area contributed by atoms with Gasteiger partial charge in [-0.05, 0) is 5.54 Å². The summed E-state index contributed by atoms with van der Waals surface area (Å²) in [7, 11) is -0.710. The smallest absolute Gasteiger partial charge is 0.0561 e. The quantitative estimate of drug-likeness (QED) is 0.561. The highest BCUT2D eigenvalue weighted by Gasteiger charge is 2.40. The fourth-order valence-electron chi connectivity index (χ4n) is 3.03. The maximum Gasteiger partial charge on any atom is 0.0561 e. The van der Waals surface area contributed by atoms with Gasteiger partial charge in [-0.25, -0.2) is 0 Å². The predicted octanol–water partition coefficient (Wildman–Crippen LogP) is 4.05. The average molecular weight is 170 g/mol. The van der Waals surface area contributed by atoms with E-state index in [-0.39, 0.29) is 0 Å². The molecule has 0 nitrogen and oxygen atoms in total. The molecular formula is C10H22Si. The molecule has 1 rings (SSSR count). The van der Waals surface area contributed by atoms with E-state index in [1.165, 1.54) is 12.0 Å². The largest absolute Gasteiger partial charge is 0.0678 e. The summed E-state index contributed by atoms with van der Waals surface area (Å²) in [6, 6.07) is 4.72. The van der Waals surface area contributed by atoms with E-state index in [4.69, 9.17) is 0 Å². The monoisotopic (exact) mass is 170 g/mol. The molecule has 0 aromatic rings. The van der Waals surface area contributed by atoms with Crippen LogP contribution in [0.2, 0.25) is 23.7 Å². The number of hydrogen-bond acceptors (Lipinski definition) is 0. The van der Waals surface area contributed by atoms with Crippen molar-refractivity contribution in [1.29, 1.82) is 0 Å². The van der Waals surface area contributed by atoms with Crippen molar-refractivity contribution in [3.8, 4) is 0 Å². The molecule has 1 saturated heterocycles. The van der Waals surface area contributed by atoms with Gasteiger partial charge in [0.05, 0.1) is 8.07 Å². The summed E-state index contributed by atoms with van der Waals surface area (Å²) in [5.41, 5.74) is 1.18. The van der Waals surface area contributed by atoms with Crippen molar-refractivity contribution < 1.29 is 0 Å². The van der Waals surface area contributed by atoms with Crippen LogP contribution in [0.15, 0.2) is 0 Å². The van der Waals surface area contributed by atoms with Crippen molar-refractivity contribution in [1.82, 2.24) is 0 Å². The number of hydrogen-bond donors (Lipinski definition) is 0. The van der Waals surface area contributed by atoms with Crippen molar-refractivity contribution in [2.75, 3.05) is 0 Å². The third-order valence-electron chi connectivity index (χ3n) is 3.99. The molecular weight excluding hydrogens is 148 g/mol. The normalized spacial score (nSPS) is 29.2. The van der Waals surface area contributed by atoms with Crippen molar-refractivity contribution in [2.24, 2.45) is 0 Å². The first-order valence-corrected chi connectivity index (χ1v) is 7.99. The molecule has 0 spiro atoms. The second kappa shape index (κ2) is 3.75. The molecule has 1 unspecified atom stereocenters. The molecule has 0 bridgehead atoms. The van der Waals surface area contributed by atoms with Gasteiger partial charge in [-0.2, -0.15) is 0 Å². The van der Waals surface area contributed by atoms with Gasteiger partial charge in [0.15, 0.2) is 0 Å². The fourth-order valence-corrected chi connectivity index (χ4v) is 8.39. The van der Waals surface area contributed by atoms with E-state index in [2.05, 4.69) is 20.8 Å². The van der Waals surface area contributed by atoms with Crippen LogP contribution in [0, 0.1) is 0 Å². The molecule has 1 aliphatic rings. The molecule has 0 amide bonds. The summed E-state index contributed by atoms with van der Waals surface area (Å²) in [6.07, 6.45) is 4.57. The summed E-state index contributed by atoms with van der Waals surface area (Å²) >= 11 is 0. The molecule has 0 aliphatic carbocycles. The van der Waals surface area contributed by atoms with Crippen molar-refractivity contribution >= 4 is 8.07 Å². The van der Waals surface area contributed by atoms with Gasteiger partial charge in [0.1, 0.15) is 0 Å². The van der Waals surface area contributed by atoms with E-state index in [9.17, 15) is 0 Å². The Morgan fingerprint density at radius 1 is 1.18 bits per heavy atom. The Morgan fingerprint density at radius 3 is 2.18 bits per heavy atom. The molecule has 0 N–H and O–H groups in total. The van der Waals surface area contributed by atoms with Crippen molar-refractivity contribution in [3.05, 3.63) is 0 Å². The van der Waals surface area contributed by atoms with E-state index in [0.717, 1.165) is 0 Å². The van der Waals surface area contributed by atoms with E-state index in [1.807, 2.05) is 0 Å². The molecule has 11 heavy (non-hydrogen) atoms. The highest BCUT2D eigenvalue weighted by Crippen LogP contribution is 2.46. The Balaban J connectivity index is 2.63. The van der Waals surface area contributed by atoms with Crippen LogP contribution in [0.25, 0.3) is 0 Å². The van der Waals surface area contributed by atoms with E-state index in [0.29, 0.717) is 0 Å². The molecule has 0 aromatic carbocycles. The minimum Gasteiger partial charge on any atom is -0.0678 e. The molecule has 0 aromatic heterocycles. The maximum absolute atomic E-state index is 2.43. The summed E-state index contributed by atoms with van der Waals surface area (Å²) in [6.45, 7) is 7.26. The van der Waals surface area contributed by atoms with Crippen LogP contribution in [-0.4, -0.2) is 8.07 Å². The predicted molar refractivity (Wildman–Crippen MR) is 54.8 cm³/mol.